The molecule has 0 unspecified atom stereocenters. The van der Waals surface area contributed by atoms with Gasteiger partial charge in [-0.1, -0.05) is 51.2 Å². The number of rotatable bonds is 10. The summed E-state index contributed by atoms with van der Waals surface area (Å²) >= 11 is 0. The zero-order valence-electron chi connectivity index (χ0n) is 18.7. The van der Waals surface area contributed by atoms with E-state index in [1.54, 1.807) is 0 Å². The average molecular weight is 435 g/mol. The number of hydrogen-bond donors (Lipinski definition) is 0. The van der Waals surface area contributed by atoms with E-state index in [4.69, 9.17) is 9.98 Å². The molecule has 2 rings (SSSR count). The van der Waals surface area contributed by atoms with E-state index in [1.165, 1.54) is 60.8 Å². The molecule has 3 heteroatoms. The number of hydrogen-bond acceptors (Lipinski definition) is 2. The van der Waals surface area contributed by atoms with Gasteiger partial charge in [0, 0.05) is 22.7 Å². The van der Waals surface area contributed by atoms with Crippen LogP contribution in [0, 0.1) is 27.7 Å². The Morgan fingerprint density at radius 2 is 1.17 bits per heavy atom. The molecular weight excluding hydrogens is 399 g/mol. The molecule has 2 aromatic carbocycles. The van der Waals surface area contributed by atoms with Crippen LogP contribution in [0.3, 0.4) is 0 Å². The Morgan fingerprint density at radius 3 is 1.72 bits per heavy atom. The second kappa shape index (κ2) is 13.5. The summed E-state index contributed by atoms with van der Waals surface area (Å²) in [6, 6.07) is 12.9. The Kier molecular flexibility index (Phi) is 11.8. The molecule has 0 bridgehead atoms. The molecule has 0 aliphatic rings. The molecule has 2 aromatic rings. The van der Waals surface area contributed by atoms with E-state index in [2.05, 4.69) is 71.0 Å². The summed E-state index contributed by atoms with van der Waals surface area (Å²) in [6.07, 6.45) is 10.7. The van der Waals surface area contributed by atoms with Gasteiger partial charge in [0.1, 0.15) is 0 Å². The van der Waals surface area contributed by atoms with Gasteiger partial charge in [0.2, 0.25) is 0 Å². The first-order valence-electron chi connectivity index (χ1n) is 10.7. The predicted octanol–water partition coefficient (Wildman–Crippen LogP) is 8.14. The summed E-state index contributed by atoms with van der Waals surface area (Å²) < 4.78 is 0. The van der Waals surface area contributed by atoms with Crippen LogP contribution in [0.1, 0.15) is 74.1 Å². The quantitative estimate of drug-likeness (QED) is 0.204. The summed E-state index contributed by atoms with van der Waals surface area (Å²) in [7, 11) is 0. The Hall–Kier alpha value is -1.73. The van der Waals surface area contributed by atoms with E-state index in [0.29, 0.717) is 0 Å². The summed E-state index contributed by atoms with van der Waals surface area (Å²) in [4.78, 5) is 9.68. The second-order valence-electron chi connectivity index (χ2n) is 8.07. The van der Waals surface area contributed by atoms with Crippen LogP contribution < -0.4 is 0 Å². The molecule has 29 heavy (non-hydrogen) atoms. The Morgan fingerprint density at radius 1 is 0.690 bits per heavy atom. The van der Waals surface area contributed by atoms with Crippen molar-refractivity contribution in [2.75, 3.05) is 0 Å². The summed E-state index contributed by atoms with van der Waals surface area (Å²) in [5.74, 6) is 0. The van der Waals surface area contributed by atoms with Crippen molar-refractivity contribution < 1.29 is 16.5 Å². The maximum atomic E-state index is 4.94. The minimum absolute atomic E-state index is 0. The van der Waals surface area contributed by atoms with Gasteiger partial charge in [-0.3, -0.25) is 9.98 Å². The molecule has 0 atom stereocenters. The Bertz CT molecular complexity index is 781. The van der Waals surface area contributed by atoms with E-state index in [-0.39, 0.29) is 16.5 Å². The van der Waals surface area contributed by atoms with Gasteiger partial charge in [0.25, 0.3) is 0 Å². The van der Waals surface area contributed by atoms with Crippen molar-refractivity contribution in [2.24, 2.45) is 9.98 Å². The monoisotopic (exact) mass is 434 g/mol. The molecule has 2 nitrogen and oxygen atoms in total. The van der Waals surface area contributed by atoms with Gasteiger partial charge in [-0.2, -0.15) is 0 Å². The predicted molar refractivity (Wildman–Crippen MR) is 125 cm³/mol. The Labute approximate surface area is 187 Å². The summed E-state index contributed by atoms with van der Waals surface area (Å²) in [5, 5.41) is 0. The molecular formula is C26H36N2Ni. The fourth-order valence-electron chi connectivity index (χ4n) is 3.59. The van der Waals surface area contributed by atoms with Gasteiger partial charge >= 0.3 is 0 Å². The molecule has 0 N–H and O–H groups in total. The topological polar surface area (TPSA) is 24.7 Å². The molecule has 0 heterocycles. The van der Waals surface area contributed by atoms with Crippen LogP contribution in [-0.2, 0) is 16.5 Å². The molecule has 0 saturated carbocycles. The Balaban J connectivity index is 0.00000420. The van der Waals surface area contributed by atoms with E-state index in [1.807, 2.05) is 6.21 Å². The molecule has 160 valence electrons. The average Bonchev–Trinajstić information content (AvgIpc) is 2.60. The van der Waals surface area contributed by atoms with Gasteiger partial charge < -0.3 is 0 Å². The van der Waals surface area contributed by atoms with E-state index < -0.39 is 0 Å². The number of benzene rings is 2. The largest absolute Gasteiger partial charge is 0.255 e. The van der Waals surface area contributed by atoms with Gasteiger partial charge in [-0.25, -0.2) is 0 Å². The van der Waals surface area contributed by atoms with Crippen LogP contribution in [0.15, 0.2) is 46.4 Å². The van der Waals surface area contributed by atoms with Gasteiger partial charge in [0.05, 0.1) is 17.1 Å². The first-order chi connectivity index (χ1) is 13.5. The molecule has 0 fully saturated rings. The van der Waals surface area contributed by atoms with Crippen molar-refractivity contribution in [1.82, 2.24) is 0 Å². The van der Waals surface area contributed by atoms with E-state index in [9.17, 15) is 0 Å². The third kappa shape index (κ3) is 10.0. The van der Waals surface area contributed by atoms with Crippen molar-refractivity contribution in [3.05, 3.63) is 58.7 Å². The maximum absolute atomic E-state index is 4.94. The van der Waals surface area contributed by atoms with Gasteiger partial charge in [-0.15, -0.1) is 0 Å². The number of nitrogens with zero attached hydrogens (tertiary/aromatic N) is 2. The van der Waals surface area contributed by atoms with Crippen molar-refractivity contribution in [2.45, 2.75) is 79.6 Å². The van der Waals surface area contributed by atoms with Crippen LogP contribution in [0.25, 0.3) is 0 Å². The normalized spacial score (nSPS) is 11.7. The van der Waals surface area contributed by atoms with Gasteiger partial charge in [-0.05, 0) is 87.1 Å². The third-order valence-corrected chi connectivity index (χ3v) is 4.83. The molecule has 0 radical (unpaired) electrons. The van der Waals surface area contributed by atoms with Crippen molar-refractivity contribution in [3.8, 4) is 0 Å². The number of aryl methyl sites for hydroxylation is 4. The molecule has 0 aliphatic carbocycles. The van der Waals surface area contributed by atoms with Crippen LogP contribution >= 0.6 is 0 Å². The zero-order chi connectivity index (χ0) is 20.4. The van der Waals surface area contributed by atoms with Crippen LogP contribution in [-0.4, -0.2) is 11.9 Å². The minimum Gasteiger partial charge on any atom is -0.255 e. The molecule has 0 spiro atoms. The van der Waals surface area contributed by atoms with Crippen LogP contribution in [0.2, 0.25) is 0 Å². The smallest absolute Gasteiger partial charge is 0.0638 e. The molecule has 0 amide bonds. The minimum atomic E-state index is 0. The maximum Gasteiger partial charge on any atom is 0.0638 e. The van der Waals surface area contributed by atoms with E-state index >= 15 is 0 Å². The molecule has 0 aliphatic heterocycles. The van der Waals surface area contributed by atoms with Gasteiger partial charge in [0.15, 0.2) is 0 Å². The van der Waals surface area contributed by atoms with Crippen molar-refractivity contribution in [3.63, 3.8) is 0 Å². The molecule has 0 aromatic heterocycles. The number of unbranched alkanes of at least 4 members (excludes halogenated alkanes) is 5. The fourth-order valence-corrected chi connectivity index (χ4v) is 3.59. The van der Waals surface area contributed by atoms with E-state index in [0.717, 1.165) is 23.5 Å². The van der Waals surface area contributed by atoms with Crippen LogP contribution in [0.4, 0.5) is 11.4 Å². The third-order valence-electron chi connectivity index (χ3n) is 4.83. The van der Waals surface area contributed by atoms with Crippen molar-refractivity contribution in [1.29, 1.82) is 0 Å². The molecule has 0 saturated heterocycles. The number of aliphatic imine (C=N–C) groups is 2. The standard InChI is InChI=1S/C26H36N2.Ni/c1-6-7-8-9-10-11-12-24(28-26-17-22(4)14-23(5)18-26)19-27-25-15-20(2)13-21(3)16-25;/h13-19H,6-12H2,1-5H3;. The SMILES string of the molecule is CCCCCCCCC(C=Nc1cc(C)cc(C)c1)=Nc1cc(C)cc(C)c1.[Ni]. The van der Waals surface area contributed by atoms with Crippen LogP contribution in [0.5, 0.6) is 0 Å². The second-order valence-corrected chi connectivity index (χ2v) is 8.07. The first-order valence-corrected chi connectivity index (χ1v) is 10.7. The zero-order valence-corrected chi connectivity index (χ0v) is 19.7. The summed E-state index contributed by atoms with van der Waals surface area (Å²) in [5.41, 5.74) is 8.11. The summed E-state index contributed by atoms with van der Waals surface area (Å²) in [6.45, 7) is 10.8. The first kappa shape index (κ1) is 25.3. The fraction of sp³-hybridized carbons (Fsp3) is 0.462. The van der Waals surface area contributed by atoms with Crippen molar-refractivity contribution >= 4 is 23.3 Å².